The van der Waals surface area contributed by atoms with Gasteiger partial charge in [0.25, 0.3) is 0 Å². The first-order valence-corrected chi connectivity index (χ1v) is 8.67. The van der Waals surface area contributed by atoms with Gasteiger partial charge < -0.3 is 9.88 Å². The summed E-state index contributed by atoms with van der Waals surface area (Å²) in [7, 11) is -1.45. The minimum Gasteiger partial charge on any atom is -0.352 e. The fraction of sp³-hybridized carbons (Fsp3) is 0.714. The molecule has 2 rings (SSSR count). The van der Waals surface area contributed by atoms with E-state index in [1.165, 1.54) is 0 Å². The Kier molecular flexibility index (Phi) is 4.56. The summed E-state index contributed by atoms with van der Waals surface area (Å²) in [5, 5.41) is 3.32. The molecule has 1 N–H and O–H groups in total. The van der Waals surface area contributed by atoms with Gasteiger partial charge in [-0.2, -0.15) is 4.31 Å². The highest BCUT2D eigenvalue weighted by atomic mass is 32.2. The van der Waals surface area contributed by atoms with Crippen molar-refractivity contribution in [2.45, 2.75) is 57.1 Å². The number of nitrogens with one attached hydrogen (secondary N) is 1. The molecule has 5 nitrogen and oxygen atoms in total. The normalized spacial score (nSPS) is 20.9. The van der Waals surface area contributed by atoms with Crippen LogP contribution in [0.1, 0.15) is 39.3 Å². The molecule has 1 unspecified atom stereocenters. The minimum absolute atomic E-state index is 0.109. The fourth-order valence-electron chi connectivity index (χ4n) is 2.60. The first kappa shape index (κ1) is 15.5. The summed E-state index contributed by atoms with van der Waals surface area (Å²) in [4.78, 5) is 0.411. The van der Waals surface area contributed by atoms with E-state index in [0.717, 1.165) is 18.5 Å². The second-order valence-electron chi connectivity index (χ2n) is 5.92. The number of hydrogen-bond acceptors (Lipinski definition) is 3. The van der Waals surface area contributed by atoms with E-state index in [4.69, 9.17) is 0 Å². The van der Waals surface area contributed by atoms with Crippen LogP contribution in [0.2, 0.25) is 0 Å². The molecule has 114 valence electrons. The number of aromatic nitrogens is 1. The summed E-state index contributed by atoms with van der Waals surface area (Å²) in [6.07, 6.45) is 3.63. The van der Waals surface area contributed by atoms with Crippen molar-refractivity contribution in [3.05, 3.63) is 18.0 Å². The molecule has 0 radical (unpaired) electrons. The fourth-order valence-corrected chi connectivity index (χ4v) is 4.40. The lowest BCUT2D eigenvalue weighted by molar-refractivity contribution is 0.408. The van der Waals surface area contributed by atoms with Gasteiger partial charge in [0, 0.05) is 44.1 Å². The average Bonchev–Trinajstić information content (AvgIpc) is 2.93. The van der Waals surface area contributed by atoms with Crippen LogP contribution in [0.4, 0.5) is 0 Å². The maximum Gasteiger partial charge on any atom is 0.244 e. The molecule has 2 heterocycles. The SMILES string of the molecule is CC(C)NCc1cc(S(=O)(=O)N2CCCC2C)cn1C. The average molecular weight is 299 g/mol. The van der Waals surface area contributed by atoms with Crippen LogP contribution in [0.15, 0.2) is 17.2 Å². The molecule has 1 fully saturated rings. The van der Waals surface area contributed by atoms with Crippen LogP contribution < -0.4 is 5.32 Å². The summed E-state index contributed by atoms with van der Waals surface area (Å²) in [5.74, 6) is 0. The molecule has 1 aromatic heterocycles. The Hall–Kier alpha value is -0.850. The molecule has 0 aliphatic carbocycles. The third kappa shape index (κ3) is 3.07. The molecule has 1 atom stereocenters. The standard InChI is InChI=1S/C14H25N3O2S/c1-11(2)15-9-13-8-14(10-16(13)4)20(18,19)17-7-5-6-12(17)3/h8,10-12,15H,5-7,9H2,1-4H3. The molecule has 1 aliphatic heterocycles. The van der Waals surface area contributed by atoms with Gasteiger partial charge in [-0.25, -0.2) is 8.42 Å². The molecule has 0 bridgehead atoms. The van der Waals surface area contributed by atoms with Crippen LogP contribution in [0.25, 0.3) is 0 Å². The maximum absolute atomic E-state index is 12.6. The third-order valence-corrected chi connectivity index (χ3v) is 5.85. The first-order chi connectivity index (χ1) is 9.32. The van der Waals surface area contributed by atoms with Crippen molar-refractivity contribution < 1.29 is 8.42 Å². The van der Waals surface area contributed by atoms with Gasteiger partial charge in [-0.15, -0.1) is 0 Å². The highest BCUT2D eigenvalue weighted by molar-refractivity contribution is 7.89. The monoisotopic (exact) mass is 299 g/mol. The van der Waals surface area contributed by atoms with Gasteiger partial charge >= 0.3 is 0 Å². The molecule has 1 saturated heterocycles. The maximum atomic E-state index is 12.6. The summed E-state index contributed by atoms with van der Waals surface area (Å²) in [5.41, 5.74) is 0.990. The van der Waals surface area contributed by atoms with Crippen molar-refractivity contribution in [2.24, 2.45) is 7.05 Å². The number of nitrogens with zero attached hydrogens (tertiary/aromatic N) is 2. The van der Waals surface area contributed by atoms with Crippen LogP contribution in [0.3, 0.4) is 0 Å². The van der Waals surface area contributed by atoms with Crippen LogP contribution >= 0.6 is 0 Å². The summed E-state index contributed by atoms with van der Waals surface area (Å²) >= 11 is 0. The largest absolute Gasteiger partial charge is 0.352 e. The highest BCUT2D eigenvalue weighted by Crippen LogP contribution is 2.26. The van der Waals surface area contributed by atoms with Gasteiger partial charge in [0.1, 0.15) is 4.90 Å². The molecule has 20 heavy (non-hydrogen) atoms. The molecule has 0 aromatic carbocycles. The molecule has 1 aromatic rings. The molecular weight excluding hydrogens is 274 g/mol. The molecular formula is C14H25N3O2S. The Morgan fingerprint density at radius 2 is 2.15 bits per heavy atom. The van der Waals surface area contributed by atoms with E-state index in [1.807, 2.05) is 18.5 Å². The Morgan fingerprint density at radius 1 is 1.45 bits per heavy atom. The Balaban J connectivity index is 2.22. The van der Waals surface area contributed by atoms with Crippen LogP contribution in [-0.4, -0.2) is 35.9 Å². The second kappa shape index (κ2) is 5.87. The van der Waals surface area contributed by atoms with Gasteiger partial charge in [-0.05, 0) is 25.8 Å². The van der Waals surface area contributed by atoms with E-state index in [0.29, 0.717) is 24.0 Å². The molecule has 0 saturated carbocycles. The molecule has 0 spiro atoms. The van der Waals surface area contributed by atoms with Gasteiger partial charge in [0.2, 0.25) is 10.0 Å². The van der Waals surface area contributed by atoms with E-state index in [1.54, 1.807) is 16.6 Å². The lowest BCUT2D eigenvalue weighted by atomic mass is 10.3. The van der Waals surface area contributed by atoms with Gasteiger partial charge in [0.15, 0.2) is 0 Å². The summed E-state index contributed by atoms with van der Waals surface area (Å²) < 4.78 is 28.8. The van der Waals surface area contributed by atoms with Crippen molar-refractivity contribution in [1.29, 1.82) is 0 Å². The van der Waals surface area contributed by atoms with E-state index in [-0.39, 0.29) is 6.04 Å². The van der Waals surface area contributed by atoms with Crippen molar-refractivity contribution >= 4 is 10.0 Å². The first-order valence-electron chi connectivity index (χ1n) is 7.23. The van der Waals surface area contributed by atoms with Crippen molar-refractivity contribution in [3.63, 3.8) is 0 Å². The van der Waals surface area contributed by atoms with Crippen LogP contribution in [0, 0.1) is 0 Å². The number of hydrogen-bond donors (Lipinski definition) is 1. The van der Waals surface area contributed by atoms with E-state index < -0.39 is 10.0 Å². The smallest absolute Gasteiger partial charge is 0.244 e. The van der Waals surface area contributed by atoms with Gasteiger partial charge in [-0.3, -0.25) is 0 Å². The zero-order valence-electron chi connectivity index (χ0n) is 12.8. The van der Waals surface area contributed by atoms with E-state index in [9.17, 15) is 8.42 Å². The second-order valence-corrected chi connectivity index (χ2v) is 7.81. The molecule has 0 amide bonds. The van der Waals surface area contributed by atoms with Gasteiger partial charge in [0.05, 0.1) is 0 Å². The quantitative estimate of drug-likeness (QED) is 0.900. The van der Waals surface area contributed by atoms with Crippen molar-refractivity contribution in [3.8, 4) is 0 Å². The van der Waals surface area contributed by atoms with Crippen molar-refractivity contribution in [2.75, 3.05) is 6.54 Å². The van der Waals surface area contributed by atoms with E-state index >= 15 is 0 Å². The predicted molar refractivity (Wildman–Crippen MR) is 80.0 cm³/mol. The summed E-state index contributed by atoms with van der Waals surface area (Å²) in [6, 6.07) is 2.27. The van der Waals surface area contributed by atoms with Crippen molar-refractivity contribution in [1.82, 2.24) is 14.2 Å². The highest BCUT2D eigenvalue weighted by Gasteiger charge is 2.33. The number of sulfonamides is 1. The Labute approximate surface area is 122 Å². The van der Waals surface area contributed by atoms with Crippen LogP contribution in [0.5, 0.6) is 0 Å². The number of aryl methyl sites for hydroxylation is 1. The van der Waals surface area contributed by atoms with Crippen LogP contribution in [-0.2, 0) is 23.6 Å². The van der Waals surface area contributed by atoms with Gasteiger partial charge in [-0.1, -0.05) is 13.8 Å². The third-order valence-electron chi connectivity index (χ3n) is 3.87. The number of rotatable bonds is 5. The Bertz CT molecular complexity index is 563. The molecule has 6 heteroatoms. The lowest BCUT2D eigenvalue weighted by Gasteiger charge is -2.19. The Morgan fingerprint density at radius 3 is 2.70 bits per heavy atom. The molecule has 1 aliphatic rings. The lowest BCUT2D eigenvalue weighted by Crippen LogP contribution is -2.33. The van der Waals surface area contributed by atoms with E-state index in [2.05, 4.69) is 19.2 Å². The predicted octanol–water partition coefficient (Wildman–Crippen LogP) is 1.70. The minimum atomic E-state index is -3.34. The summed E-state index contributed by atoms with van der Waals surface area (Å²) in [6.45, 7) is 7.45. The zero-order chi connectivity index (χ0) is 14.9. The zero-order valence-corrected chi connectivity index (χ0v) is 13.6. The topological polar surface area (TPSA) is 54.3 Å².